The van der Waals surface area contributed by atoms with Crippen LogP contribution in [-0.2, 0) is 51.1 Å². The highest BCUT2D eigenvalue weighted by atomic mass is 16.5. The molecule has 2 aromatic rings. The van der Waals surface area contributed by atoms with Gasteiger partial charge in [-0.05, 0) is 132 Å². The number of carbonyl (C=O) groups excluding carboxylic acids is 6. The Balaban J connectivity index is 0.858. The van der Waals surface area contributed by atoms with E-state index in [1.165, 1.54) is 0 Å². The first kappa shape index (κ1) is 54.7. The molecule has 2 unspecified atom stereocenters. The normalized spacial score (nSPS) is 25.2. The summed E-state index contributed by atoms with van der Waals surface area (Å²) in [5.41, 5.74) is 4.28. The van der Waals surface area contributed by atoms with Gasteiger partial charge in [-0.2, -0.15) is 0 Å². The van der Waals surface area contributed by atoms with E-state index in [4.69, 9.17) is 9.47 Å². The van der Waals surface area contributed by atoms with Gasteiger partial charge in [0.15, 0.2) is 5.78 Å². The molecule has 2 heterocycles. The summed E-state index contributed by atoms with van der Waals surface area (Å²) in [5, 5.41) is 15.4. The molecule has 2 saturated carbocycles. The standard InChI is InChI=1S/C59H79N7O8/c1-38(60-3)55(68)62-52(40-21-9-7-10-22-40)58(71)65-31-19-29-47(65)49(67)37-46-44-27-15-13-25-42(44)35-50(46)73-33-17-5-6-18-34-74-51-36-43-26-14-16-28-45(43)54(51)64-57(70)48-30-20-32-66(48)59(72)53(41-23-11-8-12-24-41)63-56(69)39(2)61-4/h13-16,25-28,38-41,46-48,50-54,60-61H,7-12,19-24,29-37H2,1-4H3,(H,62,68)(H,63,69)(H,64,70)/t38-,39-,46?,47-,48?,50+,51+,52-,53-,54-/m0/s1. The summed E-state index contributed by atoms with van der Waals surface area (Å²) in [5.74, 6) is 10.8. The molecule has 2 saturated heterocycles. The maximum atomic E-state index is 14.4. The lowest BCUT2D eigenvalue weighted by atomic mass is 9.83. The summed E-state index contributed by atoms with van der Waals surface area (Å²) >= 11 is 0. The molecule has 8 rings (SSSR count). The minimum absolute atomic E-state index is 0.0171. The fourth-order valence-electron chi connectivity index (χ4n) is 12.5. The lowest BCUT2D eigenvalue weighted by Crippen LogP contribution is -2.58. The van der Waals surface area contributed by atoms with Crippen LogP contribution in [-0.4, -0.2) is 134 Å². The van der Waals surface area contributed by atoms with Gasteiger partial charge in [-0.3, -0.25) is 28.8 Å². The van der Waals surface area contributed by atoms with E-state index in [1.54, 1.807) is 37.7 Å². The molecular weight excluding hydrogens is 935 g/mol. The molecule has 2 aromatic carbocycles. The number of nitrogens with one attached hydrogen (secondary N) is 5. The van der Waals surface area contributed by atoms with Crippen LogP contribution < -0.4 is 26.6 Å². The molecule has 2 aliphatic heterocycles. The quantitative estimate of drug-likeness (QED) is 0.122. The number of Topliss-reactive ketones (excluding diaryl/α,β-unsaturated/α-hetero) is 1. The first-order valence-electron chi connectivity index (χ1n) is 27.7. The first-order valence-corrected chi connectivity index (χ1v) is 27.7. The van der Waals surface area contributed by atoms with Gasteiger partial charge in [-0.15, -0.1) is 0 Å². The van der Waals surface area contributed by atoms with E-state index in [1.807, 2.05) is 36.4 Å². The topological polar surface area (TPSA) is 188 Å². The number of benzene rings is 2. The second-order valence-corrected chi connectivity index (χ2v) is 21.5. The van der Waals surface area contributed by atoms with Gasteiger partial charge in [0.2, 0.25) is 29.5 Å². The number of carbonyl (C=O) groups is 6. The van der Waals surface area contributed by atoms with Crippen molar-refractivity contribution in [3.8, 4) is 23.7 Å². The number of hydrogen-bond donors (Lipinski definition) is 5. The van der Waals surface area contributed by atoms with Crippen LogP contribution in [0, 0.1) is 35.5 Å². The highest BCUT2D eigenvalue weighted by molar-refractivity contribution is 5.95. The SMILES string of the molecule is CN[C@@H](C)C(=O)N[C@H](C(=O)N1CCCC1C(=O)N[C@H]1c2ccccc2C[C@H]1OCC#CC#CCO[C@@H]1Cc2ccccc2C1CC(=O)[C@@H]1CCCN1C(=O)[C@@H](NC(=O)[C@H](C)NC)C1CCCCC1)C1CCCCC1. The number of ketones is 1. The molecule has 15 heteroatoms. The molecule has 398 valence electrons. The van der Waals surface area contributed by atoms with Crippen molar-refractivity contribution in [3.05, 3.63) is 70.8 Å². The third-order valence-corrected chi connectivity index (χ3v) is 17.0. The molecule has 4 fully saturated rings. The van der Waals surface area contributed by atoms with Crippen LogP contribution in [0.4, 0.5) is 0 Å². The maximum absolute atomic E-state index is 14.4. The van der Waals surface area contributed by atoms with Crippen LogP contribution in [0.25, 0.3) is 0 Å². The number of rotatable bonds is 19. The van der Waals surface area contributed by atoms with Crippen LogP contribution >= 0.6 is 0 Å². The summed E-state index contributed by atoms with van der Waals surface area (Å²) in [7, 11) is 3.45. The largest absolute Gasteiger partial charge is 0.365 e. The van der Waals surface area contributed by atoms with Gasteiger partial charge >= 0.3 is 0 Å². The molecule has 5 N–H and O–H groups in total. The van der Waals surface area contributed by atoms with Gasteiger partial charge in [-0.25, -0.2) is 0 Å². The molecule has 0 bridgehead atoms. The second-order valence-electron chi connectivity index (χ2n) is 21.5. The number of hydrogen-bond acceptors (Lipinski definition) is 10. The Bertz CT molecular complexity index is 2280. The molecular formula is C59H79N7O8. The number of ether oxygens (including phenoxy) is 2. The van der Waals surface area contributed by atoms with Crippen molar-refractivity contribution in [2.24, 2.45) is 11.8 Å². The van der Waals surface area contributed by atoms with Gasteiger partial charge in [0.05, 0.1) is 36.4 Å². The molecule has 74 heavy (non-hydrogen) atoms. The van der Waals surface area contributed by atoms with Crippen LogP contribution in [0.2, 0.25) is 0 Å². The van der Waals surface area contributed by atoms with Crippen LogP contribution in [0.1, 0.15) is 144 Å². The molecule has 0 aromatic heterocycles. The van der Waals surface area contributed by atoms with Gasteiger partial charge in [-0.1, -0.05) is 98.9 Å². The van der Waals surface area contributed by atoms with E-state index in [2.05, 4.69) is 62.4 Å². The van der Waals surface area contributed by atoms with Crippen LogP contribution in [0.5, 0.6) is 0 Å². The summed E-state index contributed by atoms with van der Waals surface area (Å²) in [4.78, 5) is 86.9. The third-order valence-electron chi connectivity index (χ3n) is 17.0. The van der Waals surface area contributed by atoms with Crippen molar-refractivity contribution in [2.45, 2.75) is 183 Å². The van der Waals surface area contributed by atoms with Crippen LogP contribution in [0.15, 0.2) is 48.5 Å². The molecule has 5 amide bonds. The minimum Gasteiger partial charge on any atom is -0.365 e. The number of likely N-dealkylation sites (tertiary alicyclic amines) is 2. The number of nitrogens with zero attached hydrogens (tertiary/aromatic N) is 2. The molecule has 15 nitrogen and oxygen atoms in total. The van der Waals surface area contributed by atoms with Gasteiger partial charge in [0, 0.05) is 31.8 Å². The van der Waals surface area contributed by atoms with E-state index in [9.17, 15) is 28.8 Å². The molecule has 10 atom stereocenters. The number of fused-ring (bicyclic) bond motifs is 2. The Morgan fingerprint density at radius 2 is 1.07 bits per heavy atom. The molecule has 6 aliphatic rings. The summed E-state index contributed by atoms with van der Waals surface area (Å²) in [6, 6.07) is 12.3. The van der Waals surface area contributed by atoms with Crippen molar-refractivity contribution in [1.82, 2.24) is 36.4 Å². The van der Waals surface area contributed by atoms with E-state index in [0.29, 0.717) is 45.2 Å². The predicted molar refractivity (Wildman–Crippen MR) is 282 cm³/mol. The number of amides is 5. The van der Waals surface area contributed by atoms with E-state index < -0.39 is 42.3 Å². The smallest absolute Gasteiger partial charge is 0.246 e. The van der Waals surface area contributed by atoms with Gasteiger partial charge in [0.25, 0.3) is 0 Å². The zero-order valence-corrected chi connectivity index (χ0v) is 44.1. The lowest BCUT2D eigenvalue weighted by Gasteiger charge is -2.35. The predicted octanol–water partition coefficient (Wildman–Crippen LogP) is 4.80. The molecule has 0 spiro atoms. The lowest BCUT2D eigenvalue weighted by molar-refractivity contribution is -0.143. The van der Waals surface area contributed by atoms with E-state index in [-0.39, 0.29) is 84.9 Å². The van der Waals surface area contributed by atoms with Crippen molar-refractivity contribution in [3.63, 3.8) is 0 Å². The summed E-state index contributed by atoms with van der Waals surface area (Å²) < 4.78 is 12.7. The highest BCUT2D eigenvalue weighted by Crippen LogP contribution is 2.40. The zero-order chi connectivity index (χ0) is 52.1. The average Bonchev–Trinajstić information content (AvgIpc) is 4.26. The maximum Gasteiger partial charge on any atom is 0.246 e. The van der Waals surface area contributed by atoms with Crippen molar-refractivity contribution in [2.75, 3.05) is 40.4 Å². The Morgan fingerprint density at radius 1 is 0.595 bits per heavy atom. The Kier molecular flexibility index (Phi) is 19.4. The second kappa shape index (κ2) is 26.3. The zero-order valence-electron chi connectivity index (χ0n) is 44.1. The summed E-state index contributed by atoms with van der Waals surface area (Å²) in [6.45, 7) is 4.72. The molecule has 0 radical (unpaired) electrons. The van der Waals surface area contributed by atoms with E-state index >= 15 is 0 Å². The van der Waals surface area contributed by atoms with Crippen molar-refractivity contribution in [1.29, 1.82) is 0 Å². The monoisotopic (exact) mass is 1010 g/mol. The average molecular weight is 1010 g/mol. The number of likely N-dealkylation sites (N-methyl/N-ethyl adjacent to an activating group) is 2. The Morgan fingerprint density at radius 3 is 1.62 bits per heavy atom. The molecule has 4 aliphatic carbocycles. The Labute approximate surface area is 438 Å². The van der Waals surface area contributed by atoms with Crippen LogP contribution in [0.3, 0.4) is 0 Å². The van der Waals surface area contributed by atoms with Gasteiger partial charge < -0.3 is 45.9 Å². The van der Waals surface area contributed by atoms with Crippen molar-refractivity contribution < 1.29 is 38.2 Å². The minimum atomic E-state index is -0.677. The Hall–Kier alpha value is -5.58. The first-order chi connectivity index (χ1) is 36.0. The third kappa shape index (κ3) is 13.1. The fourth-order valence-corrected chi connectivity index (χ4v) is 12.5. The summed E-state index contributed by atoms with van der Waals surface area (Å²) in [6.07, 6.45) is 13.2. The van der Waals surface area contributed by atoms with Gasteiger partial charge in [0.1, 0.15) is 31.3 Å². The fraction of sp³-hybridized carbons (Fsp3) is 0.627. The van der Waals surface area contributed by atoms with E-state index in [0.717, 1.165) is 92.9 Å². The highest BCUT2D eigenvalue weighted by Gasteiger charge is 2.45. The van der Waals surface area contributed by atoms with Crippen molar-refractivity contribution >= 4 is 35.3 Å².